The van der Waals surface area contributed by atoms with Crippen LogP contribution < -0.4 is 10.2 Å². The number of nitroso groups, excluding NO2 is 1. The zero-order valence-electron chi connectivity index (χ0n) is 16.1. The van der Waals surface area contributed by atoms with E-state index in [0.29, 0.717) is 37.4 Å². The van der Waals surface area contributed by atoms with Gasteiger partial charge in [0.2, 0.25) is 0 Å². The molecule has 1 heterocycles. The van der Waals surface area contributed by atoms with Gasteiger partial charge in [-0.2, -0.15) is 0 Å². The maximum atomic E-state index is 13.1. The molecule has 1 fully saturated rings. The highest BCUT2D eigenvalue weighted by atomic mass is 32.2. The van der Waals surface area contributed by atoms with Crippen molar-refractivity contribution in [3.63, 3.8) is 0 Å². The number of nitrogens with one attached hydrogen (secondary N) is 1. The van der Waals surface area contributed by atoms with Gasteiger partial charge in [0, 0.05) is 0 Å². The van der Waals surface area contributed by atoms with Crippen LogP contribution in [0.5, 0.6) is 11.5 Å². The summed E-state index contributed by atoms with van der Waals surface area (Å²) in [5.41, 5.74) is 0.603. The van der Waals surface area contributed by atoms with Crippen LogP contribution in [0.25, 0.3) is 0 Å². The van der Waals surface area contributed by atoms with Crippen LogP contribution >= 0.6 is 0 Å². The van der Waals surface area contributed by atoms with E-state index in [1.54, 1.807) is 29.2 Å². The molecule has 0 spiro atoms. The molecule has 1 atom stereocenters. The number of carbonyl (C=O) groups is 1. The largest absolute Gasteiger partial charge is 0.457 e. The van der Waals surface area contributed by atoms with E-state index >= 15 is 0 Å². The third-order valence-corrected chi connectivity index (χ3v) is 7.01. The van der Waals surface area contributed by atoms with E-state index < -0.39 is 27.0 Å². The summed E-state index contributed by atoms with van der Waals surface area (Å²) < 4.78 is 31.8. The van der Waals surface area contributed by atoms with Crippen LogP contribution in [-0.2, 0) is 14.6 Å². The molecule has 1 saturated heterocycles. The zero-order chi connectivity index (χ0) is 20.9. The van der Waals surface area contributed by atoms with Crippen molar-refractivity contribution in [3.8, 4) is 11.5 Å². The molecular weight excluding hydrogens is 394 g/mol. The minimum atomic E-state index is -3.80. The zero-order valence-corrected chi connectivity index (χ0v) is 16.9. The Bertz CT molecular complexity index is 963. The highest BCUT2D eigenvalue weighted by molar-refractivity contribution is 7.91. The first kappa shape index (κ1) is 20.9. The van der Waals surface area contributed by atoms with Gasteiger partial charge in [-0.05, 0) is 62.3 Å². The third-order valence-electron chi connectivity index (χ3n) is 5.17. The number of carbonyl (C=O) groups excluding carboxylic acids is 1. The van der Waals surface area contributed by atoms with Crippen LogP contribution in [0.2, 0.25) is 0 Å². The number of nitrogens with zero attached hydrogens (tertiary/aromatic N) is 2. The van der Waals surface area contributed by atoms with Gasteiger partial charge in [0.15, 0.2) is 9.84 Å². The molecule has 2 aromatic rings. The van der Waals surface area contributed by atoms with Gasteiger partial charge < -0.3 is 4.74 Å². The summed E-state index contributed by atoms with van der Waals surface area (Å²) in [7, 11) is -3.80. The van der Waals surface area contributed by atoms with Crippen molar-refractivity contribution < 1.29 is 17.9 Å². The van der Waals surface area contributed by atoms with Crippen LogP contribution in [0, 0.1) is 4.91 Å². The molecule has 0 aliphatic carbocycles. The van der Waals surface area contributed by atoms with Crippen molar-refractivity contribution >= 4 is 15.7 Å². The Balaban J connectivity index is 1.83. The predicted octanol–water partition coefficient (Wildman–Crippen LogP) is 2.90. The van der Waals surface area contributed by atoms with E-state index in [-0.39, 0.29) is 4.90 Å². The molecule has 154 valence electrons. The summed E-state index contributed by atoms with van der Waals surface area (Å²) in [6.45, 7) is 2.93. The van der Waals surface area contributed by atoms with Crippen molar-refractivity contribution in [2.75, 3.05) is 18.8 Å². The number of ether oxygens (including phenoxy) is 1. The molecule has 0 saturated carbocycles. The molecule has 8 nitrogen and oxygen atoms in total. The lowest BCUT2D eigenvalue weighted by Gasteiger charge is -2.35. The number of amides is 1. The van der Waals surface area contributed by atoms with Gasteiger partial charge in [-0.3, -0.25) is 9.69 Å². The average Bonchev–Trinajstić information content (AvgIpc) is 3.12. The number of rotatable bonds is 8. The number of likely N-dealkylation sites (tertiary alicyclic amines) is 1. The second kappa shape index (κ2) is 8.71. The Kier molecular flexibility index (Phi) is 6.29. The SMILES string of the molecule is CCN1CCCC1(CS(=O)(=O)c1ccc(Oc2ccccc2)cc1)C(=O)NN=O. The number of benzene rings is 2. The Morgan fingerprint density at radius 3 is 2.41 bits per heavy atom. The lowest BCUT2D eigenvalue weighted by molar-refractivity contribution is -0.130. The van der Waals surface area contributed by atoms with Crippen LogP contribution in [0.4, 0.5) is 0 Å². The fourth-order valence-corrected chi connectivity index (χ4v) is 5.57. The Morgan fingerprint density at radius 1 is 1.14 bits per heavy atom. The number of likely N-dealkylation sites (N-methyl/N-ethyl adjacent to an activating group) is 1. The molecule has 1 N–H and O–H groups in total. The van der Waals surface area contributed by atoms with E-state index in [1.807, 2.05) is 30.5 Å². The predicted molar refractivity (Wildman–Crippen MR) is 108 cm³/mol. The van der Waals surface area contributed by atoms with Gasteiger partial charge in [0.25, 0.3) is 5.91 Å². The Labute approximate surface area is 169 Å². The highest BCUT2D eigenvalue weighted by Crippen LogP contribution is 2.33. The Morgan fingerprint density at radius 2 is 1.79 bits per heavy atom. The van der Waals surface area contributed by atoms with Crippen LogP contribution in [0.3, 0.4) is 0 Å². The number of hydrogen-bond donors (Lipinski definition) is 1. The lowest BCUT2D eigenvalue weighted by Crippen LogP contribution is -2.58. The van der Waals surface area contributed by atoms with Crippen LogP contribution in [0.15, 0.2) is 64.8 Å². The summed E-state index contributed by atoms with van der Waals surface area (Å²) in [6, 6.07) is 15.2. The average molecular weight is 417 g/mol. The molecule has 1 aliphatic heterocycles. The second-order valence-corrected chi connectivity index (χ2v) is 8.88. The van der Waals surface area contributed by atoms with E-state index in [2.05, 4.69) is 5.29 Å². The smallest absolute Gasteiger partial charge is 0.264 e. The second-order valence-electron chi connectivity index (χ2n) is 6.89. The van der Waals surface area contributed by atoms with Gasteiger partial charge in [-0.1, -0.05) is 25.1 Å². The summed E-state index contributed by atoms with van der Waals surface area (Å²) in [5, 5.41) is 2.46. The summed E-state index contributed by atoms with van der Waals surface area (Å²) >= 11 is 0. The van der Waals surface area contributed by atoms with Gasteiger partial charge >= 0.3 is 0 Å². The van der Waals surface area contributed by atoms with Crippen LogP contribution in [0.1, 0.15) is 19.8 Å². The standard InChI is InChI=1S/C20H23N3O5S/c1-2-23-14-6-13-20(23,19(24)21-22-25)15-29(26,27)18-11-9-17(10-12-18)28-16-7-4-3-5-8-16/h3-5,7-12H,2,6,13-15H2,1H3,(H,21,24,25). The molecule has 9 heteroatoms. The van der Waals surface area contributed by atoms with Gasteiger partial charge in [-0.15, -0.1) is 4.91 Å². The summed E-state index contributed by atoms with van der Waals surface area (Å²) in [6.07, 6.45) is 1.01. The molecule has 0 radical (unpaired) electrons. The van der Waals surface area contributed by atoms with Crippen molar-refractivity contribution in [3.05, 3.63) is 59.5 Å². The molecule has 0 bridgehead atoms. The molecular formula is C20H23N3O5S. The number of para-hydroxylation sites is 1. The maximum Gasteiger partial charge on any atom is 0.264 e. The number of sulfone groups is 1. The van der Waals surface area contributed by atoms with Gasteiger partial charge in [0.05, 0.1) is 15.9 Å². The van der Waals surface area contributed by atoms with E-state index in [4.69, 9.17) is 4.74 Å². The molecule has 1 aliphatic rings. The van der Waals surface area contributed by atoms with Crippen molar-refractivity contribution in [2.24, 2.45) is 5.29 Å². The molecule has 1 amide bonds. The maximum absolute atomic E-state index is 13.1. The van der Waals surface area contributed by atoms with Crippen molar-refractivity contribution in [2.45, 2.75) is 30.2 Å². The molecule has 3 rings (SSSR count). The quantitative estimate of drug-likeness (QED) is 0.523. The van der Waals surface area contributed by atoms with E-state index in [1.165, 1.54) is 12.1 Å². The lowest BCUT2D eigenvalue weighted by atomic mass is 9.98. The van der Waals surface area contributed by atoms with Crippen LogP contribution in [-0.4, -0.2) is 43.6 Å². The fourth-order valence-electron chi connectivity index (χ4n) is 3.76. The first-order valence-corrected chi connectivity index (χ1v) is 11.0. The van der Waals surface area contributed by atoms with Crippen molar-refractivity contribution in [1.29, 1.82) is 0 Å². The van der Waals surface area contributed by atoms with E-state index in [9.17, 15) is 18.1 Å². The summed E-state index contributed by atoms with van der Waals surface area (Å²) in [5.74, 6) is 0.0431. The molecule has 2 aromatic carbocycles. The highest BCUT2D eigenvalue weighted by Gasteiger charge is 2.50. The topological polar surface area (TPSA) is 105 Å². The first-order chi connectivity index (χ1) is 13.9. The third kappa shape index (κ3) is 4.46. The van der Waals surface area contributed by atoms with Crippen molar-refractivity contribution in [1.82, 2.24) is 10.3 Å². The molecule has 29 heavy (non-hydrogen) atoms. The first-order valence-electron chi connectivity index (χ1n) is 9.35. The molecule has 0 aromatic heterocycles. The minimum Gasteiger partial charge on any atom is -0.457 e. The number of hydrogen-bond acceptors (Lipinski definition) is 7. The Hall–Kier alpha value is -2.78. The monoisotopic (exact) mass is 417 g/mol. The normalized spacial score (nSPS) is 19.6. The molecule has 1 unspecified atom stereocenters. The van der Waals surface area contributed by atoms with E-state index in [0.717, 1.165) is 0 Å². The fraction of sp³-hybridized carbons (Fsp3) is 0.350. The van der Waals surface area contributed by atoms with Gasteiger partial charge in [-0.25, -0.2) is 13.8 Å². The summed E-state index contributed by atoms with van der Waals surface area (Å²) in [4.78, 5) is 25.0. The minimum absolute atomic E-state index is 0.0899. The van der Waals surface area contributed by atoms with Gasteiger partial charge in [0.1, 0.15) is 17.0 Å².